The lowest BCUT2D eigenvalue weighted by Gasteiger charge is -2.33. The van der Waals surface area contributed by atoms with E-state index in [2.05, 4.69) is 24.4 Å². The number of amides is 1. The molecule has 236 valence electrons. The van der Waals surface area contributed by atoms with Gasteiger partial charge in [0.25, 0.3) is 11.8 Å². The third kappa shape index (κ3) is 8.15. The number of carbonyl (C=O) groups excluding carboxylic acids is 1. The van der Waals surface area contributed by atoms with Crippen LogP contribution >= 0.6 is 0 Å². The van der Waals surface area contributed by atoms with Gasteiger partial charge < -0.3 is 24.2 Å². The highest BCUT2D eigenvalue weighted by Crippen LogP contribution is 2.35. The van der Waals surface area contributed by atoms with Crippen molar-refractivity contribution in [3.63, 3.8) is 0 Å². The van der Waals surface area contributed by atoms with Crippen molar-refractivity contribution in [3.05, 3.63) is 77.7 Å². The summed E-state index contributed by atoms with van der Waals surface area (Å²) >= 11 is 0. The van der Waals surface area contributed by atoms with Crippen LogP contribution in [0.1, 0.15) is 48.1 Å². The van der Waals surface area contributed by atoms with E-state index < -0.39 is 50.9 Å². The number of hydrogen-bond acceptors (Lipinski definition) is 9. The Morgan fingerprint density at radius 1 is 1.05 bits per heavy atom. The number of alkyl halides is 3. The highest BCUT2D eigenvalue weighted by atomic mass is 32.2. The fraction of sp³-hybridized carbons (Fsp3) is 0.379. The predicted molar refractivity (Wildman–Crippen MR) is 153 cm³/mol. The van der Waals surface area contributed by atoms with Crippen molar-refractivity contribution in [2.24, 2.45) is 5.92 Å². The van der Waals surface area contributed by atoms with Gasteiger partial charge in [-0.25, -0.2) is 9.78 Å². The highest BCUT2D eigenvalue weighted by molar-refractivity contribution is 7.88. The molecule has 0 saturated carbocycles. The van der Waals surface area contributed by atoms with E-state index in [1.807, 2.05) is 30.3 Å². The van der Waals surface area contributed by atoms with E-state index in [9.17, 15) is 36.3 Å². The zero-order chi connectivity index (χ0) is 31.9. The van der Waals surface area contributed by atoms with E-state index in [1.54, 1.807) is 30.3 Å². The molecule has 0 bridgehead atoms. The lowest BCUT2D eigenvalue weighted by Crippen LogP contribution is -2.41. The average Bonchev–Trinajstić information content (AvgIpc) is 2.99. The molecule has 2 heterocycles. The number of aliphatic carboxylic acids is 1. The molecule has 4 rings (SSSR count). The SMILES string of the molecule is CCC(NC(=O)c1nc(CC2CCN(c3ccccc3)CC2)nc(OS(=O)(=O)C(F)(F)F)c1OCc1ccccc1)C(=O)O. The fourth-order valence-corrected chi connectivity index (χ4v) is 5.06. The van der Waals surface area contributed by atoms with E-state index in [0.29, 0.717) is 31.5 Å². The maximum absolute atomic E-state index is 13.4. The number of para-hydroxylation sites is 1. The quantitative estimate of drug-likeness (QED) is 0.217. The Morgan fingerprint density at radius 2 is 1.66 bits per heavy atom. The molecule has 1 atom stereocenters. The standard InChI is InChI=1S/C29H31F3N4O7S/c1-2-22(28(38)39)33-26(37)24-25(42-18-20-9-5-3-6-10-20)27(43-44(40,41)29(30,31)32)35-23(34-24)17-19-13-15-36(16-14-19)21-11-7-4-8-12-21/h3-12,19,22H,2,13-18H2,1H3,(H,33,37)(H,38,39). The number of carbonyl (C=O) groups is 2. The van der Waals surface area contributed by atoms with Gasteiger partial charge in [0.2, 0.25) is 5.75 Å². The van der Waals surface area contributed by atoms with E-state index in [-0.39, 0.29) is 31.2 Å². The van der Waals surface area contributed by atoms with E-state index in [1.165, 1.54) is 6.92 Å². The molecule has 1 amide bonds. The van der Waals surface area contributed by atoms with Crippen molar-refractivity contribution in [3.8, 4) is 11.6 Å². The summed E-state index contributed by atoms with van der Waals surface area (Å²) in [5.41, 5.74) is -4.90. The van der Waals surface area contributed by atoms with Gasteiger partial charge in [-0.05, 0) is 42.9 Å². The zero-order valence-electron chi connectivity index (χ0n) is 23.7. The Labute approximate surface area is 252 Å². The molecule has 15 heteroatoms. The number of anilines is 1. The summed E-state index contributed by atoms with van der Waals surface area (Å²) in [5.74, 6) is -4.59. The Balaban J connectivity index is 1.70. The number of ether oxygens (including phenoxy) is 1. The number of piperidine rings is 1. The van der Waals surface area contributed by atoms with Crippen LogP contribution in [-0.2, 0) is 27.9 Å². The summed E-state index contributed by atoms with van der Waals surface area (Å²) in [6.07, 6.45) is 1.37. The van der Waals surface area contributed by atoms with Gasteiger partial charge in [0.15, 0.2) is 5.69 Å². The minimum Gasteiger partial charge on any atom is -0.481 e. The first-order valence-corrected chi connectivity index (χ1v) is 15.2. The van der Waals surface area contributed by atoms with Crippen LogP contribution in [0.2, 0.25) is 0 Å². The van der Waals surface area contributed by atoms with Crippen molar-refractivity contribution < 1.29 is 45.2 Å². The summed E-state index contributed by atoms with van der Waals surface area (Å²) in [7, 11) is -6.23. The maximum atomic E-state index is 13.4. The van der Waals surface area contributed by atoms with Crippen molar-refractivity contribution in [1.82, 2.24) is 15.3 Å². The number of nitrogens with zero attached hydrogens (tertiary/aromatic N) is 3. The van der Waals surface area contributed by atoms with Gasteiger partial charge in [-0.1, -0.05) is 55.5 Å². The van der Waals surface area contributed by atoms with Crippen molar-refractivity contribution in [2.75, 3.05) is 18.0 Å². The Hall–Kier alpha value is -4.40. The van der Waals surface area contributed by atoms with Gasteiger partial charge in [0.05, 0.1) is 0 Å². The first kappa shape index (κ1) is 32.5. The van der Waals surface area contributed by atoms with E-state index in [0.717, 1.165) is 5.69 Å². The largest absolute Gasteiger partial charge is 0.534 e. The smallest absolute Gasteiger partial charge is 0.481 e. The molecule has 2 N–H and O–H groups in total. The zero-order valence-corrected chi connectivity index (χ0v) is 24.5. The second kappa shape index (κ2) is 13.9. The number of carboxylic acids is 1. The fourth-order valence-electron chi connectivity index (χ4n) is 4.64. The van der Waals surface area contributed by atoms with Gasteiger partial charge in [-0.2, -0.15) is 26.6 Å². The van der Waals surface area contributed by atoms with Crippen LogP contribution in [0, 0.1) is 5.92 Å². The molecule has 1 aliphatic rings. The number of carboxylic acid groups (broad SMARTS) is 1. The van der Waals surface area contributed by atoms with Crippen LogP contribution in [-0.4, -0.2) is 60.0 Å². The highest BCUT2D eigenvalue weighted by Gasteiger charge is 2.49. The van der Waals surface area contributed by atoms with Crippen LogP contribution in [0.15, 0.2) is 60.7 Å². The first-order valence-electron chi connectivity index (χ1n) is 13.8. The number of rotatable bonds is 12. The van der Waals surface area contributed by atoms with Gasteiger partial charge in [0.1, 0.15) is 18.5 Å². The average molecular weight is 637 g/mol. The topological polar surface area (TPSA) is 148 Å². The molecule has 3 aromatic rings. The van der Waals surface area contributed by atoms with Crippen LogP contribution in [0.25, 0.3) is 0 Å². The van der Waals surface area contributed by atoms with Crippen LogP contribution in [0.3, 0.4) is 0 Å². The van der Waals surface area contributed by atoms with Crippen LogP contribution in [0.5, 0.6) is 11.6 Å². The summed E-state index contributed by atoms with van der Waals surface area (Å²) in [4.78, 5) is 35.3. The lowest BCUT2D eigenvalue weighted by atomic mass is 9.93. The summed E-state index contributed by atoms with van der Waals surface area (Å²) in [6, 6.07) is 16.6. The normalized spacial score (nSPS) is 15.0. The summed E-state index contributed by atoms with van der Waals surface area (Å²) in [5, 5.41) is 11.7. The number of aromatic nitrogens is 2. The van der Waals surface area contributed by atoms with Crippen LogP contribution in [0.4, 0.5) is 18.9 Å². The molecule has 0 aliphatic carbocycles. The second-order valence-corrected chi connectivity index (χ2v) is 11.7. The van der Waals surface area contributed by atoms with Crippen molar-refractivity contribution in [1.29, 1.82) is 0 Å². The molecule has 2 aromatic carbocycles. The monoisotopic (exact) mass is 636 g/mol. The van der Waals surface area contributed by atoms with Crippen LogP contribution < -0.4 is 19.1 Å². The molecular weight excluding hydrogens is 605 g/mol. The minimum absolute atomic E-state index is 0.0228. The van der Waals surface area contributed by atoms with Gasteiger partial charge in [-0.15, -0.1) is 0 Å². The molecule has 0 radical (unpaired) electrons. The molecule has 1 aromatic heterocycles. The Kier molecular flexibility index (Phi) is 10.3. The maximum Gasteiger partial charge on any atom is 0.534 e. The van der Waals surface area contributed by atoms with Crippen molar-refractivity contribution >= 4 is 27.7 Å². The third-order valence-corrected chi connectivity index (χ3v) is 7.96. The number of halogens is 3. The molecular formula is C29H31F3N4O7S. The molecule has 44 heavy (non-hydrogen) atoms. The molecule has 1 fully saturated rings. The Bertz CT molecular complexity index is 1550. The molecule has 11 nitrogen and oxygen atoms in total. The van der Waals surface area contributed by atoms with E-state index in [4.69, 9.17) is 4.74 Å². The van der Waals surface area contributed by atoms with Gasteiger partial charge in [0, 0.05) is 25.2 Å². The predicted octanol–water partition coefficient (Wildman–Crippen LogP) is 4.34. The molecule has 0 spiro atoms. The summed E-state index contributed by atoms with van der Waals surface area (Å²) in [6.45, 7) is 2.52. The molecule has 1 aliphatic heterocycles. The lowest BCUT2D eigenvalue weighted by molar-refractivity contribution is -0.139. The minimum atomic E-state index is -6.23. The number of nitrogens with one attached hydrogen (secondary N) is 1. The summed E-state index contributed by atoms with van der Waals surface area (Å²) < 4.78 is 74.3. The number of hydrogen-bond donors (Lipinski definition) is 2. The van der Waals surface area contributed by atoms with Crippen molar-refractivity contribution in [2.45, 2.75) is 50.8 Å². The molecule has 1 saturated heterocycles. The number of benzene rings is 2. The first-order chi connectivity index (χ1) is 20.9. The second-order valence-electron chi connectivity index (χ2n) is 10.1. The van der Waals surface area contributed by atoms with E-state index >= 15 is 0 Å². The van der Waals surface area contributed by atoms with Gasteiger partial charge >= 0.3 is 21.6 Å². The third-order valence-electron chi connectivity index (χ3n) is 7.01. The Morgan fingerprint density at radius 3 is 2.23 bits per heavy atom. The van der Waals surface area contributed by atoms with Gasteiger partial charge in [-0.3, -0.25) is 4.79 Å². The molecule has 1 unspecified atom stereocenters.